The molecular formula is C12H23IN2O3S. The minimum absolute atomic E-state index is 0. The number of β-amino-alcohol motifs (C(OH)–C–C–N with tert-alkyl or cyclic N) is 1. The first kappa shape index (κ1) is 19.0. The minimum atomic E-state index is -0.612. The molecule has 0 radical (unpaired) electrons. The maximum atomic E-state index is 11.9. The second-order valence-electron chi connectivity index (χ2n) is 5.50. The third-order valence-electron chi connectivity index (χ3n) is 2.83. The summed E-state index contributed by atoms with van der Waals surface area (Å²) in [5, 5.41) is 16.6. The van der Waals surface area contributed by atoms with Gasteiger partial charge in [-0.05, 0) is 33.4 Å². The van der Waals surface area contributed by atoms with E-state index < -0.39 is 11.7 Å². The fourth-order valence-electron chi connectivity index (χ4n) is 1.91. The number of hydrogen-bond acceptors (Lipinski definition) is 4. The molecule has 7 heteroatoms. The normalized spacial score (nSPS) is 23.5. The number of amides is 1. The number of likely N-dealkylation sites (tertiary alicyclic amines) is 1. The molecule has 0 aromatic heterocycles. The van der Waals surface area contributed by atoms with Gasteiger partial charge in [0.1, 0.15) is 5.60 Å². The second kappa shape index (κ2) is 7.68. The van der Waals surface area contributed by atoms with Crippen LogP contribution in [0.15, 0.2) is 0 Å². The molecule has 0 aromatic carbocycles. The molecule has 5 nitrogen and oxygen atoms in total. The topological polar surface area (TPSA) is 75.4 Å². The van der Waals surface area contributed by atoms with Gasteiger partial charge in [-0.25, -0.2) is 4.79 Å². The van der Waals surface area contributed by atoms with Crippen molar-refractivity contribution in [3.63, 3.8) is 0 Å². The van der Waals surface area contributed by atoms with Gasteiger partial charge in [0.2, 0.25) is 5.04 Å². The van der Waals surface area contributed by atoms with Crippen molar-refractivity contribution in [1.82, 2.24) is 4.90 Å². The fraction of sp³-hybridized carbons (Fsp3) is 0.833. The molecule has 0 aliphatic carbocycles. The van der Waals surface area contributed by atoms with E-state index >= 15 is 0 Å². The summed E-state index contributed by atoms with van der Waals surface area (Å²) in [6, 6.07) is 0. The highest BCUT2D eigenvalue weighted by Crippen LogP contribution is 2.23. The van der Waals surface area contributed by atoms with E-state index in [0.29, 0.717) is 13.0 Å². The number of hydrogen-bond donors (Lipinski definition) is 2. The summed E-state index contributed by atoms with van der Waals surface area (Å²) >= 11 is 1.45. The van der Waals surface area contributed by atoms with Crippen molar-refractivity contribution in [3.05, 3.63) is 0 Å². The third kappa shape index (κ3) is 5.86. The van der Waals surface area contributed by atoms with E-state index in [4.69, 9.17) is 10.1 Å². The largest absolute Gasteiger partial charge is 1.00 e. The number of nitrogens with zero attached hydrogens (tertiary/aromatic N) is 1. The third-order valence-corrected chi connectivity index (χ3v) is 3.61. The Hall–Kier alpha value is -0.0200. The Bertz CT molecular complexity index is 333. The molecule has 2 atom stereocenters. The van der Waals surface area contributed by atoms with Gasteiger partial charge >= 0.3 is 6.09 Å². The van der Waals surface area contributed by atoms with E-state index in [1.165, 1.54) is 11.8 Å². The van der Waals surface area contributed by atoms with Gasteiger partial charge in [0.25, 0.3) is 0 Å². The van der Waals surface area contributed by atoms with Gasteiger partial charge in [0.15, 0.2) is 0 Å². The standard InChI is InChI=1S/C12H22N2O3S.HI/c1-12(2,3)17-11(16)14-6-5-8(9(15)7-14)10(13)18-4;/h8-9,13,15H,5-7H2,1-4H3;1H. The first-order valence-electron chi connectivity index (χ1n) is 6.07. The van der Waals surface area contributed by atoms with Crippen LogP contribution in [0.1, 0.15) is 27.2 Å². The first-order chi connectivity index (χ1) is 8.24. The van der Waals surface area contributed by atoms with Crippen molar-refractivity contribution in [2.75, 3.05) is 19.3 Å². The van der Waals surface area contributed by atoms with Gasteiger partial charge in [0.05, 0.1) is 18.6 Å². The van der Waals surface area contributed by atoms with Crippen molar-refractivity contribution >= 4 is 22.9 Å². The predicted octanol–water partition coefficient (Wildman–Crippen LogP) is -2.87. The zero-order chi connectivity index (χ0) is 13.9. The van der Waals surface area contributed by atoms with Crippen molar-refractivity contribution in [2.45, 2.75) is 38.9 Å². The van der Waals surface area contributed by atoms with Crippen LogP contribution in [0, 0.1) is 5.92 Å². The highest BCUT2D eigenvalue weighted by atomic mass is 127. The number of aliphatic hydroxyl groups is 1. The van der Waals surface area contributed by atoms with Crippen molar-refractivity contribution in [1.29, 1.82) is 0 Å². The summed E-state index contributed by atoms with van der Waals surface area (Å²) in [4.78, 5) is 13.4. The summed E-state index contributed by atoms with van der Waals surface area (Å²) in [6.45, 7) is 6.33. The van der Waals surface area contributed by atoms with E-state index in [9.17, 15) is 9.90 Å². The van der Waals surface area contributed by atoms with Crippen LogP contribution in [0.3, 0.4) is 0 Å². The number of ether oxygens (including phenoxy) is 1. The smallest absolute Gasteiger partial charge is 0.410 e. The summed E-state index contributed by atoms with van der Waals surface area (Å²) in [6.07, 6.45) is 1.58. The van der Waals surface area contributed by atoms with E-state index in [0.717, 1.165) is 5.04 Å². The molecule has 0 saturated carbocycles. The number of piperidine rings is 1. The maximum Gasteiger partial charge on any atom is 0.410 e. The molecule has 1 rings (SSSR count). The van der Waals surface area contributed by atoms with Crippen LogP contribution in [0.2, 0.25) is 0 Å². The van der Waals surface area contributed by atoms with Gasteiger partial charge in [-0.1, -0.05) is 11.8 Å². The zero-order valence-electron chi connectivity index (χ0n) is 11.9. The maximum absolute atomic E-state index is 11.9. The molecule has 1 saturated heterocycles. The Kier molecular flexibility index (Phi) is 7.67. The lowest BCUT2D eigenvalue weighted by atomic mass is 9.95. The lowest BCUT2D eigenvalue weighted by Crippen LogP contribution is -3.00. The minimum Gasteiger partial charge on any atom is -1.00 e. The molecule has 0 bridgehead atoms. The fourth-order valence-corrected chi connectivity index (χ4v) is 2.48. The average molecular weight is 402 g/mol. The van der Waals surface area contributed by atoms with Gasteiger partial charge in [0, 0.05) is 6.54 Å². The van der Waals surface area contributed by atoms with Crippen molar-refractivity contribution in [3.8, 4) is 0 Å². The lowest BCUT2D eigenvalue weighted by molar-refractivity contribution is -0.120. The van der Waals surface area contributed by atoms with E-state index in [2.05, 4.69) is 0 Å². The predicted molar refractivity (Wildman–Crippen MR) is 72.4 cm³/mol. The summed E-state index contributed by atoms with van der Waals surface area (Å²) < 4.78 is 5.28. The number of thioether (sulfide) groups is 1. The molecule has 1 fully saturated rings. The molecule has 1 amide bonds. The number of nitrogens with two attached hydrogens (primary N) is 1. The summed E-state index contributed by atoms with van der Waals surface area (Å²) in [5.74, 6) is -0.0429. The van der Waals surface area contributed by atoms with Gasteiger partial charge in [-0.15, -0.1) is 0 Å². The number of carbonyl (C=O) groups is 1. The molecule has 1 heterocycles. The van der Waals surface area contributed by atoms with Crippen LogP contribution in [0.5, 0.6) is 0 Å². The molecule has 112 valence electrons. The summed E-state index contributed by atoms with van der Waals surface area (Å²) in [5.41, 5.74) is -0.511. The number of halogens is 1. The van der Waals surface area contributed by atoms with Crippen LogP contribution >= 0.6 is 11.8 Å². The van der Waals surface area contributed by atoms with Crippen LogP contribution in [0.25, 0.3) is 0 Å². The monoisotopic (exact) mass is 402 g/mol. The average Bonchev–Trinajstić information content (AvgIpc) is 2.25. The Morgan fingerprint density at radius 3 is 2.47 bits per heavy atom. The van der Waals surface area contributed by atoms with E-state index in [1.807, 2.05) is 27.0 Å². The van der Waals surface area contributed by atoms with Gasteiger partial charge < -0.3 is 38.7 Å². The van der Waals surface area contributed by atoms with Crippen LogP contribution in [-0.4, -0.2) is 52.2 Å². The number of rotatable bonds is 1. The van der Waals surface area contributed by atoms with E-state index in [-0.39, 0.29) is 42.5 Å². The van der Waals surface area contributed by atoms with Crippen LogP contribution in [-0.2, 0) is 4.74 Å². The Morgan fingerprint density at radius 2 is 2.05 bits per heavy atom. The molecule has 1 aliphatic heterocycles. The Labute approximate surface area is 136 Å². The number of carbonyl (C=O) groups excluding carboxylic acids is 1. The number of aliphatic hydroxyl groups excluding tert-OH is 1. The highest BCUT2D eigenvalue weighted by Gasteiger charge is 2.36. The van der Waals surface area contributed by atoms with Crippen molar-refractivity contribution < 1.29 is 44.0 Å². The molecule has 0 spiro atoms. The van der Waals surface area contributed by atoms with Crippen LogP contribution < -0.4 is 29.4 Å². The van der Waals surface area contributed by atoms with Crippen LogP contribution in [0.4, 0.5) is 4.79 Å². The van der Waals surface area contributed by atoms with Crippen molar-refractivity contribution in [2.24, 2.45) is 5.92 Å². The molecular weight excluding hydrogens is 379 g/mol. The summed E-state index contributed by atoms with van der Waals surface area (Å²) in [7, 11) is 0. The molecule has 0 aromatic rings. The van der Waals surface area contributed by atoms with Gasteiger partial charge in [-0.3, -0.25) is 5.41 Å². The lowest BCUT2D eigenvalue weighted by Gasteiger charge is -2.35. The first-order valence-corrected chi connectivity index (χ1v) is 7.29. The molecule has 3 N–H and O–H groups in total. The zero-order valence-corrected chi connectivity index (χ0v) is 14.8. The second-order valence-corrected chi connectivity index (χ2v) is 6.38. The molecule has 1 aliphatic rings. The Balaban J connectivity index is 0.00000324. The quantitative estimate of drug-likeness (QED) is 0.281. The van der Waals surface area contributed by atoms with E-state index in [1.54, 1.807) is 4.90 Å². The SMILES string of the molecule is CSC(=[NH2+])C1CCN(C(=O)OC(C)(C)C)CC1O.[I-]. The van der Waals surface area contributed by atoms with Gasteiger partial charge in [-0.2, -0.15) is 0 Å². The molecule has 19 heavy (non-hydrogen) atoms. The highest BCUT2D eigenvalue weighted by molar-refractivity contribution is 8.13. The Morgan fingerprint density at radius 1 is 1.47 bits per heavy atom. The molecule has 2 unspecified atom stereocenters.